The Kier molecular flexibility index (Phi) is 5.33. The van der Waals surface area contributed by atoms with Crippen molar-refractivity contribution < 1.29 is 14.1 Å². The summed E-state index contributed by atoms with van der Waals surface area (Å²) >= 11 is 0. The number of rotatable bonds is 5. The molecule has 29 heavy (non-hydrogen) atoms. The number of piperazine rings is 1. The number of aromatic nitrogens is 3. The zero-order valence-corrected chi connectivity index (χ0v) is 16.1. The fourth-order valence-corrected chi connectivity index (χ4v) is 3.23. The maximum atomic E-state index is 12.5. The van der Waals surface area contributed by atoms with Gasteiger partial charge in [-0.3, -0.25) is 14.6 Å². The highest BCUT2D eigenvalue weighted by Crippen LogP contribution is 2.19. The number of pyridine rings is 1. The van der Waals surface area contributed by atoms with Gasteiger partial charge in [0.1, 0.15) is 6.54 Å². The Morgan fingerprint density at radius 2 is 1.86 bits per heavy atom. The third-order valence-electron chi connectivity index (χ3n) is 4.88. The molecule has 2 aromatic heterocycles. The van der Waals surface area contributed by atoms with Crippen LogP contribution in [0.25, 0.3) is 11.4 Å². The molecule has 8 heteroatoms. The normalized spacial score (nSPS) is 14.3. The molecule has 3 heterocycles. The van der Waals surface area contributed by atoms with Crippen molar-refractivity contribution in [2.24, 2.45) is 0 Å². The summed E-state index contributed by atoms with van der Waals surface area (Å²) < 4.78 is 5.24. The van der Waals surface area contributed by atoms with Crippen molar-refractivity contribution in [3.63, 3.8) is 0 Å². The second-order valence-electron chi connectivity index (χ2n) is 6.94. The first kappa shape index (κ1) is 18.8. The zero-order chi connectivity index (χ0) is 20.2. The number of benzene rings is 1. The van der Waals surface area contributed by atoms with Crippen LogP contribution in [0.3, 0.4) is 0 Å². The topological polar surface area (TPSA) is 92.4 Å². The maximum absolute atomic E-state index is 12.5. The number of carbonyl (C=O) groups is 2. The van der Waals surface area contributed by atoms with Crippen LogP contribution < -0.4 is 4.90 Å². The SMILES string of the molecule is Cc1ccc(N2CCN(C(=O)CCc3nc(-c4ccncc4)no3)CC2=O)cc1. The molecule has 2 amide bonds. The van der Waals surface area contributed by atoms with E-state index in [1.807, 2.05) is 31.2 Å². The predicted molar refractivity (Wildman–Crippen MR) is 106 cm³/mol. The number of hydrogen-bond acceptors (Lipinski definition) is 6. The van der Waals surface area contributed by atoms with Gasteiger partial charge in [0.2, 0.25) is 23.5 Å². The summed E-state index contributed by atoms with van der Waals surface area (Å²) in [5.41, 5.74) is 2.81. The van der Waals surface area contributed by atoms with E-state index < -0.39 is 0 Å². The molecular weight excluding hydrogens is 370 g/mol. The van der Waals surface area contributed by atoms with Gasteiger partial charge in [-0.25, -0.2) is 0 Å². The van der Waals surface area contributed by atoms with Crippen LogP contribution in [-0.4, -0.2) is 51.5 Å². The second kappa shape index (κ2) is 8.22. The van der Waals surface area contributed by atoms with E-state index in [1.54, 1.807) is 34.3 Å². The number of hydrogen-bond donors (Lipinski definition) is 0. The smallest absolute Gasteiger partial charge is 0.246 e. The summed E-state index contributed by atoms with van der Waals surface area (Å²) in [5, 5.41) is 3.94. The van der Waals surface area contributed by atoms with Gasteiger partial charge in [0, 0.05) is 49.6 Å². The quantitative estimate of drug-likeness (QED) is 0.662. The number of nitrogens with zero attached hydrogens (tertiary/aromatic N) is 5. The van der Waals surface area contributed by atoms with Gasteiger partial charge < -0.3 is 14.3 Å². The van der Waals surface area contributed by atoms with E-state index in [1.165, 1.54) is 0 Å². The fourth-order valence-electron chi connectivity index (χ4n) is 3.23. The van der Waals surface area contributed by atoms with Crippen LogP contribution in [0.4, 0.5) is 5.69 Å². The Labute approximate surface area is 168 Å². The Balaban J connectivity index is 1.31. The van der Waals surface area contributed by atoms with Crippen molar-refractivity contribution in [3.05, 3.63) is 60.2 Å². The van der Waals surface area contributed by atoms with Gasteiger partial charge >= 0.3 is 0 Å². The average molecular weight is 391 g/mol. The lowest BCUT2D eigenvalue weighted by atomic mass is 10.2. The summed E-state index contributed by atoms with van der Waals surface area (Å²) in [6.07, 6.45) is 3.86. The molecule has 8 nitrogen and oxygen atoms in total. The lowest BCUT2D eigenvalue weighted by Gasteiger charge is -2.34. The minimum Gasteiger partial charge on any atom is -0.339 e. The van der Waals surface area contributed by atoms with Crippen molar-refractivity contribution in [3.8, 4) is 11.4 Å². The molecule has 1 aliphatic heterocycles. The number of carbonyl (C=O) groups excluding carboxylic acids is 2. The molecule has 0 radical (unpaired) electrons. The fraction of sp³-hybridized carbons (Fsp3) is 0.286. The van der Waals surface area contributed by atoms with Crippen molar-refractivity contribution in [2.45, 2.75) is 19.8 Å². The first-order valence-corrected chi connectivity index (χ1v) is 9.48. The number of aryl methyl sites for hydroxylation is 2. The summed E-state index contributed by atoms with van der Waals surface area (Å²) in [6, 6.07) is 11.4. The van der Waals surface area contributed by atoms with Crippen LogP contribution in [0, 0.1) is 6.92 Å². The first-order valence-electron chi connectivity index (χ1n) is 9.48. The average Bonchev–Trinajstić information content (AvgIpc) is 3.22. The number of anilines is 1. The van der Waals surface area contributed by atoms with Gasteiger partial charge in [-0.05, 0) is 31.2 Å². The monoisotopic (exact) mass is 391 g/mol. The van der Waals surface area contributed by atoms with E-state index in [0.29, 0.717) is 31.2 Å². The Morgan fingerprint density at radius 1 is 1.10 bits per heavy atom. The Bertz CT molecular complexity index is 1000. The largest absolute Gasteiger partial charge is 0.339 e. The van der Waals surface area contributed by atoms with Crippen LogP contribution in [0.1, 0.15) is 17.9 Å². The lowest BCUT2D eigenvalue weighted by Crippen LogP contribution is -2.52. The molecule has 3 aromatic rings. The van der Waals surface area contributed by atoms with Gasteiger partial charge in [-0.2, -0.15) is 4.98 Å². The summed E-state index contributed by atoms with van der Waals surface area (Å²) in [5.74, 6) is 0.698. The van der Waals surface area contributed by atoms with Crippen molar-refractivity contribution in [1.29, 1.82) is 0 Å². The van der Waals surface area contributed by atoms with Crippen molar-refractivity contribution in [2.75, 3.05) is 24.5 Å². The first-order chi connectivity index (χ1) is 14.1. The molecule has 4 rings (SSSR count). The lowest BCUT2D eigenvalue weighted by molar-refractivity contribution is -0.136. The maximum Gasteiger partial charge on any atom is 0.246 e. The highest BCUT2D eigenvalue weighted by molar-refractivity contribution is 5.97. The van der Waals surface area contributed by atoms with E-state index in [-0.39, 0.29) is 24.8 Å². The molecule has 0 N–H and O–H groups in total. The van der Waals surface area contributed by atoms with Crippen LogP contribution in [0.15, 0.2) is 53.3 Å². The van der Waals surface area contributed by atoms with Gasteiger partial charge in [-0.15, -0.1) is 0 Å². The van der Waals surface area contributed by atoms with Crippen molar-refractivity contribution in [1.82, 2.24) is 20.0 Å². The molecule has 0 spiro atoms. The molecule has 0 saturated carbocycles. The molecule has 1 aromatic carbocycles. The second-order valence-corrected chi connectivity index (χ2v) is 6.94. The summed E-state index contributed by atoms with van der Waals surface area (Å²) in [6.45, 7) is 3.08. The van der Waals surface area contributed by atoms with E-state index >= 15 is 0 Å². The molecule has 1 fully saturated rings. The molecule has 0 unspecified atom stereocenters. The van der Waals surface area contributed by atoms with E-state index in [9.17, 15) is 9.59 Å². The van der Waals surface area contributed by atoms with Crippen LogP contribution in [0.2, 0.25) is 0 Å². The number of amides is 2. The van der Waals surface area contributed by atoms with Crippen LogP contribution in [-0.2, 0) is 16.0 Å². The highest BCUT2D eigenvalue weighted by Gasteiger charge is 2.28. The molecule has 0 aliphatic carbocycles. The molecular formula is C21H21N5O3. The van der Waals surface area contributed by atoms with Gasteiger partial charge in [0.05, 0.1) is 0 Å². The van der Waals surface area contributed by atoms with Crippen LogP contribution >= 0.6 is 0 Å². The minimum absolute atomic E-state index is 0.0776. The minimum atomic E-state index is -0.0921. The predicted octanol–water partition coefficient (Wildman–Crippen LogP) is 2.25. The molecule has 1 aliphatic rings. The van der Waals surface area contributed by atoms with E-state index in [4.69, 9.17) is 4.52 Å². The van der Waals surface area contributed by atoms with Gasteiger partial charge in [0.15, 0.2) is 0 Å². The zero-order valence-electron chi connectivity index (χ0n) is 16.1. The standard InChI is InChI=1S/C21H21N5O3/c1-15-2-4-17(5-3-15)26-13-12-25(14-20(26)28)19(27)7-6-18-23-21(24-29-18)16-8-10-22-11-9-16/h2-5,8-11H,6-7,12-14H2,1H3. The molecule has 1 saturated heterocycles. The van der Waals surface area contributed by atoms with E-state index in [0.717, 1.165) is 16.8 Å². The Morgan fingerprint density at radius 3 is 2.59 bits per heavy atom. The molecule has 0 atom stereocenters. The van der Waals surface area contributed by atoms with Crippen LogP contribution in [0.5, 0.6) is 0 Å². The Hall–Kier alpha value is -3.55. The molecule has 148 valence electrons. The highest BCUT2D eigenvalue weighted by atomic mass is 16.5. The summed E-state index contributed by atoms with van der Waals surface area (Å²) in [7, 11) is 0. The third-order valence-corrected chi connectivity index (χ3v) is 4.88. The van der Waals surface area contributed by atoms with Crippen molar-refractivity contribution >= 4 is 17.5 Å². The van der Waals surface area contributed by atoms with Gasteiger partial charge in [-0.1, -0.05) is 22.9 Å². The van der Waals surface area contributed by atoms with E-state index in [2.05, 4.69) is 15.1 Å². The summed E-state index contributed by atoms with van der Waals surface area (Å²) in [4.78, 5) is 36.6. The third kappa shape index (κ3) is 4.31. The molecule has 0 bridgehead atoms. The van der Waals surface area contributed by atoms with Gasteiger partial charge in [0.25, 0.3) is 0 Å².